The van der Waals surface area contributed by atoms with E-state index in [2.05, 4.69) is 47.6 Å². The molecule has 0 saturated carbocycles. The lowest BCUT2D eigenvalue weighted by molar-refractivity contribution is 0.0702. The molecule has 3 aromatic rings. The van der Waals surface area contributed by atoms with E-state index in [1.54, 1.807) is 6.07 Å². The summed E-state index contributed by atoms with van der Waals surface area (Å²) in [5.74, 6) is 2.65. The molecule has 6 heteroatoms. The molecule has 5 N–H and O–H groups in total. The van der Waals surface area contributed by atoms with Crippen molar-refractivity contribution in [1.29, 1.82) is 0 Å². The van der Waals surface area contributed by atoms with Crippen molar-refractivity contribution in [2.75, 3.05) is 0 Å². The first kappa shape index (κ1) is 18.5. The Labute approximate surface area is 156 Å². The topological polar surface area (TPSA) is 95.6 Å². The number of benzene rings is 2. The van der Waals surface area contributed by atoms with Gasteiger partial charge in [-0.05, 0) is 53.5 Å². The van der Waals surface area contributed by atoms with Crippen LogP contribution in [0.1, 0.15) is 45.2 Å². The van der Waals surface area contributed by atoms with E-state index in [9.17, 15) is 4.79 Å². The van der Waals surface area contributed by atoms with Gasteiger partial charge in [0.25, 0.3) is 0 Å². The van der Waals surface area contributed by atoms with Gasteiger partial charge < -0.3 is 15.6 Å². The third kappa shape index (κ3) is 3.94. The van der Waals surface area contributed by atoms with Crippen molar-refractivity contribution >= 4 is 27.4 Å². The van der Waals surface area contributed by atoms with Crippen molar-refractivity contribution in [1.82, 2.24) is 5.32 Å². The van der Waals surface area contributed by atoms with Crippen LogP contribution in [0.4, 0.5) is 0 Å². The quantitative estimate of drug-likeness (QED) is 0.519. The van der Waals surface area contributed by atoms with Crippen LogP contribution in [-0.2, 0) is 13.0 Å². The number of nitrogens with two attached hydrogens (primary N) is 1. The summed E-state index contributed by atoms with van der Waals surface area (Å²) in [5, 5.41) is 20.3. The molecule has 1 aromatic heterocycles. The molecule has 0 spiro atoms. The Morgan fingerprint density at radius 1 is 1.19 bits per heavy atom. The van der Waals surface area contributed by atoms with Gasteiger partial charge >= 0.3 is 5.97 Å². The van der Waals surface area contributed by atoms with Crippen LogP contribution < -0.4 is 11.2 Å². The molecule has 4 rings (SSSR count). The van der Waals surface area contributed by atoms with Gasteiger partial charge in [0.05, 0.1) is 0 Å². The lowest BCUT2D eigenvalue weighted by Crippen LogP contribution is -2.24. The number of carbonyl (C=O) groups is 1. The molecule has 0 amide bonds. The van der Waals surface area contributed by atoms with Crippen LogP contribution in [0.15, 0.2) is 48.5 Å². The average molecular weight is 370 g/mol. The molecule has 1 heterocycles. The minimum Gasteiger partial charge on any atom is -0.477 e. The normalized spacial score (nSPS) is 15.8. The maximum Gasteiger partial charge on any atom is 0.345 e. The molecule has 1 unspecified atom stereocenters. The molecule has 26 heavy (non-hydrogen) atoms. The number of thiophene rings is 1. The highest BCUT2D eigenvalue weighted by atomic mass is 32.1. The summed E-state index contributed by atoms with van der Waals surface area (Å²) in [6, 6.07) is 17.1. The van der Waals surface area contributed by atoms with Crippen molar-refractivity contribution in [3.63, 3.8) is 0 Å². The number of carboxylic acid groups (broad SMARTS) is 1. The van der Waals surface area contributed by atoms with E-state index in [0.29, 0.717) is 10.9 Å². The molecule has 136 valence electrons. The van der Waals surface area contributed by atoms with E-state index in [1.165, 1.54) is 47.3 Å². The van der Waals surface area contributed by atoms with Gasteiger partial charge in [-0.1, -0.05) is 36.4 Å². The number of nitrogens with one attached hydrogen (secondary N) is 1. The molecule has 5 nitrogen and oxygen atoms in total. The monoisotopic (exact) mass is 370 g/mol. The molecule has 0 aliphatic heterocycles. The number of hydrogen-bond donors (Lipinski definition) is 4. The van der Waals surface area contributed by atoms with E-state index in [0.717, 1.165) is 16.6 Å². The Kier molecular flexibility index (Phi) is 6.00. The van der Waals surface area contributed by atoms with Crippen LogP contribution in [0.3, 0.4) is 0 Å². The molecule has 2 aromatic carbocycles. The average Bonchev–Trinajstić information content (AvgIpc) is 3.12. The van der Waals surface area contributed by atoms with Gasteiger partial charge in [0, 0.05) is 17.3 Å². The lowest BCUT2D eigenvalue weighted by atomic mass is 9.87. The molecule has 0 radical (unpaired) electrons. The van der Waals surface area contributed by atoms with E-state index in [-0.39, 0.29) is 0 Å². The molecule has 0 bridgehead atoms. The summed E-state index contributed by atoms with van der Waals surface area (Å²) in [4.78, 5) is 11.5. The van der Waals surface area contributed by atoms with E-state index >= 15 is 0 Å². The molecule has 1 atom stereocenters. The lowest BCUT2D eigenvalue weighted by Gasteiger charge is -2.26. The Balaban J connectivity index is 0.000000948. The SMILES string of the molecule is NO.O=C(O)c1cc2ccc(CNC3CCCc4ccccc43)cc2s1. The zero-order valence-electron chi connectivity index (χ0n) is 14.3. The minimum absolute atomic E-state index is 0.399. The molecule has 1 aliphatic carbocycles. The Hall–Kier alpha value is -2.25. The van der Waals surface area contributed by atoms with E-state index in [4.69, 9.17) is 10.3 Å². The van der Waals surface area contributed by atoms with Crippen molar-refractivity contribution in [3.05, 3.63) is 70.1 Å². The van der Waals surface area contributed by atoms with Crippen molar-refractivity contribution < 1.29 is 15.1 Å². The Morgan fingerprint density at radius 3 is 2.81 bits per heavy atom. The molecule has 0 fully saturated rings. The third-order valence-corrected chi connectivity index (χ3v) is 5.80. The molecule has 0 saturated heterocycles. The second kappa shape index (κ2) is 8.42. The first-order valence-electron chi connectivity index (χ1n) is 8.53. The summed E-state index contributed by atoms with van der Waals surface area (Å²) >= 11 is 1.34. The number of carboxylic acids is 1. The van der Waals surface area contributed by atoms with Crippen LogP contribution in [0.2, 0.25) is 0 Å². The summed E-state index contributed by atoms with van der Waals surface area (Å²) in [7, 11) is 0. The van der Waals surface area contributed by atoms with E-state index < -0.39 is 5.97 Å². The van der Waals surface area contributed by atoms with Crippen LogP contribution in [0.25, 0.3) is 10.1 Å². The van der Waals surface area contributed by atoms with Gasteiger partial charge in [-0.15, -0.1) is 11.3 Å². The van der Waals surface area contributed by atoms with Gasteiger partial charge in [-0.2, -0.15) is 0 Å². The zero-order chi connectivity index (χ0) is 18.5. The first-order valence-corrected chi connectivity index (χ1v) is 9.35. The standard InChI is InChI=1S/C20H19NO2S.H3NO/c22-20(23)19-11-15-9-8-13(10-18(15)24-19)12-21-17-7-3-5-14-4-1-2-6-16(14)17;1-2/h1-2,4,6,8-11,17,21H,3,5,7,12H2,(H,22,23);2H,1H2. The summed E-state index contributed by atoms with van der Waals surface area (Å²) in [5.41, 5.74) is 4.08. The summed E-state index contributed by atoms with van der Waals surface area (Å²) in [6.07, 6.45) is 3.56. The summed E-state index contributed by atoms with van der Waals surface area (Å²) < 4.78 is 1.04. The maximum absolute atomic E-state index is 11.1. The summed E-state index contributed by atoms with van der Waals surface area (Å²) in [6.45, 7) is 0.801. The molecular formula is C20H22N2O3S. The predicted octanol–water partition coefficient (Wildman–Crippen LogP) is 4.10. The molecular weight excluding hydrogens is 348 g/mol. The minimum atomic E-state index is -0.852. The zero-order valence-corrected chi connectivity index (χ0v) is 15.1. The van der Waals surface area contributed by atoms with Gasteiger partial charge in [-0.3, -0.25) is 0 Å². The van der Waals surface area contributed by atoms with Crippen molar-refractivity contribution in [3.8, 4) is 0 Å². The largest absolute Gasteiger partial charge is 0.477 e. The van der Waals surface area contributed by atoms with Gasteiger partial charge in [0.1, 0.15) is 4.88 Å². The number of rotatable bonds is 4. The van der Waals surface area contributed by atoms with Crippen LogP contribution in [0, 0.1) is 0 Å². The maximum atomic E-state index is 11.1. The number of fused-ring (bicyclic) bond motifs is 2. The highest BCUT2D eigenvalue weighted by Gasteiger charge is 2.19. The number of aromatic carboxylic acids is 1. The second-order valence-electron chi connectivity index (χ2n) is 6.31. The van der Waals surface area contributed by atoms with Crippen molar-refractivity contribution in [2.24, 2.45) is 5.90 Å². The smallest absolute Gasteiger partial charge is 0.345 e. The fraction of sp³-hybridized carbons (Fsp3) is 0.250. The fourth-order valence-corrected chi connectivity index (χ4v) is 4.46. The van der Waals surface area contributed by atoms with E-state index in [1.807, 2.05) is 6.07 Å². The van der Waals surface area contributed by atoms with Gasteiger partial charge in [-0.25, -0.2) is 10.7 Å². The highest BCUT2D eigenvalue weighted by Crippen LogP contribution is 2.30. The first-order chi connectivity index (χ1) is 12.7. The van der Waals surface area contributed by atoms with Crippen LogP contribution in [-0.4, -0.2) is 16.3 Å². The Bertz CT molecular complexity index is 907. The van der Waals surface area contributed by atoms with Crippen LogP contribution in [0.5, 0.6) is 0 Å². The second-order valence-corrected chi connectivity index (χ2v) is 7.40. The fourth-order valence-electron chi connectivity index (χ4n) is 3.50. The number of hydrogen-bond acceptors (Lipinski definition) is 5. The van der Waals surface area contributed by atoms with Gasteiger partial charge in [0.15, 0.2) is 0 Å². The predicted molar refractivity (Wildman–Crippen MR) is 104 cm³/mol. The Morgan fingerprint density at radius 2 is 2.00 bits per heavy atom. The van der Waals surface area contributed by atoms with Gasteiger partial charge in [0.2, 0.25) is 0 Å². The van der Waals surface area contributed by atoms with Crippen molar-refractivity contribution in [2.45, 2.75) is 31.8 Å². The number of aryl methyl sites for hydroxylation is 1. The third-order valence-electron chi connectivity index (χ3n) is 4.72. The molecule has 1 aliphatic rings. The van der Waals surface area contributed by atoms with Crippen LogP contribution >= 0.6 is 11.3 Å². The highest BCUT2D eigenvalue weighted by molar-refractivity contribution is 7.20.